The fourth-order valence-corrected chi connectivity index (χ4v) is 1.36. The Bertz CT molecular complexity index is 341. The number of rotatable bonds is 4. The lowest BCUT2D eigenvalue weighted by molar-refractivity contribution is 0.0764. The minimum Gasteiger partial charge on any atom is -0.338 e. The molecule has 0 saturated carbocycles. The first-order valence-electron chi connectivity index (χ1n) is 4.94. The number of nitrogens with zero attached hydrogens (tertiary/aromatic N) is 1. The Morgan fingerprint density at radius 3 is 2.67 bits per heavy atom. The number of benzene rings is 1. The molecule has 0 heterocycles. The van der Waals surface area contributed by atoms with Gasteiger partial charge in [0, 0.05) is 19.6 Å². The van der Waals surface area contributed by atoms with Gasteiger partial charge >= 0.3 is 0 Å². The summed E-state index contributed by atoms with van der Waals surface area (Å²) in [6, 6.07) is 5.97. The van der Waals surface area contributed by atoms with Gasteiger partial charge < -0.3 is 10.6 Å². The number of carbonyl (C=O) groups is 1. The largest absolute Gasteiger partial charge is 0.338 e. The van der Waals surface area contributed by atoms with E-state index in [2.05, 4.69) is 0 Å². The molecule has 0 radical (unpaired) electrons. The van der Waals surface area contributed by atoms with Crippen molar-refractivity contribution in [3.05, 3.63) is 35.6 Å². The van der Waals surface area contributed by atoms with E-state index in [9.17, 15) is 9.18 Å². The van der Waals surface area contributed by atoms with Gasteiger partial charge in [0.05, 0.1) is 5.56 Å². The van der Waals surface area contributed by atoms with Gasteiger partial charge in [0.1, 0.15) is 5.82 Å². The molecule has 1 amide bonds. The Balaban J connectivity index is 2.88. The second-order valence-electron chi connectivity index (χ2n) is 3.15. The van der Waals surface area contributed by atoms with Gasteiger partial charge in [-0.3, -0.25) is 4.79 Å². The number of halogens is 1. The fourth-order valence-electron chi connectivity index (χ4n) is 1.36. The van der Waals surface area contributed by atoms with Crippen molar-refractivity contribution in [2.24, 2.45) is 5.73 Å². The Morgan fingerprint density at radius 1 is 1.47 bits per heavy atom. The van der Waals surface area contributed by atoms with Crippen LogP contribution < -0.4 is 5.73 Å². The SMILES string of the molecule is CCN(CCN)C(=O)c1ccccc1F. The maximum absolute atomic E-state index is 13.3. The van der Waals surface area contributed by atoms with Crippen LogP contribution in [0.25, 0.3) is 0 Å². The van der Waals surface area contributed by atoms with E-state index in [4.69, 9.17) is 5.73 Å². The van der Waals surface area contributed by atoms with Gasteiger partial charge in [-0.05, 0) is 19.1 Å². The fraction of sp³-hybridized carbons (Fsp3) is 0.364. The molecule has 0 bridgehead atoms. The topological polar surface area (TPSA) is 46.3 Å². The average molecular weight is 210 g/mol. The van der Waals surface area contributed by atoms with Crippen LogP contribution in [0.3, 0.4) is 0 Å². The van der Waals surface area contributed by atoms with Crippen molar-refractivity contribution in [3.8, 4) is 0 Å². The summed E-state index contributed by atoms with van der Waals surface area (Å²) in [4.78, 5) is 13.3. The lowest BCUT2D eigenvalue weighted by Crippen LogP contribution is -2.35. The van der Waals surface area contributed by atoms with E-state index < -0.39 is 5.82 Å². The molecule has 2 N–H and O–H groups in total. The normalized spacial score (nSPS) is 10.1. The van der Waals surface area contributed by atoms with Crippen LogP contribution in [-0.2, 0) is 0 Å². The smallest absolute Gasteiger partial charge is 0.256 e. The van der Waals surface area contributed by atoms with E-state index in [1.807, 2.05) is 6.92 Å². The van der Waals surface area contributed by atoms with Crippen molar-refractivity contribution in [2.45, 2.75) is 6.92 Å². The van der Waals surface area contributed by atoms with Gasteiger partial charge in [-0.1, -0.05) is 12.1 Å². The first-order valence-corrected chi connectivity index (χ1v) is 4.94. The van der Waals surface area contributed by atoms with Crippen molar-refractivity contribution >= 4 is 5.91 Å². The number of nitrogens with two attached hydrogens (primary N) is 1. The second kappa shape index (κ2) is 5.46. The summed E-state index contributed by atoms with van der Waals surface area (Å²) in [6.07, 6.45) is 0. The highest BCUT2D eigenvalue weighted by atomic mass is 19.1. The van der Waals surface area contributed by atoms with Gasteiger partial charge in [-0.2, -0.15) is 0 Å². The Labute approximate surface area is 88.7 Å². The molecule has 0 aliphatic heterocycles. The van der Waals surface area contributed by atoms with Crippen LogP contribution >= 0.6 is 0 Å². The quantitative estimate of drug-likeness (QED) is 0.812. The predicted octanol–water partition coefficient (Wildman–Crippen LogP) is 1.25. The molecule has 1 rings (SSSR count). The van der Waals surface area contributed by atoms with Gasteiger partial charge in [-0.15, -0.1) is 0 Å². The summed E-state index contributed by atoms with van der Waals surface area (Å²) in [7, 11) is 0. The van der Waals surface area contributed by atoms with Gasteiger partial charge in [0.25, 0.3) is 5.91 Å². The van der Waals surface area contributed by atoms with Gasteiger partial charge in [0.15, 0.2) is 0 Å². The Hall–Kier alpha value is -1.42. The van der Waals surface area contributed by atoms with E-state index in [0.29, 0.717) is 19.6 Å². The number of hydrogen-bond acceptors (Lipinski definition) is 2. The molecule has 0 atom stereocenters. The van der Waals surface area contributed by atoms with Crippen LogP contribution in [0.5, 0.6) is 0 Å². The van der Waals surface area contributed by atoms with Gasteiger partial charge in [0.2, 0.25) is 0 Å². The molecule has 1 aromatic rings. The molecular formula is C11H15FN2O. The highest BCUT2D eigenvalue weighted by Gasteiger charge is 2.16. The van der Waals surface area contributed by atoms with Crippen molar-refractivity contribution in [2.75, 3.05) is 19.6 Å². The standard InChI is InChI=1S/C11H15FN2O/c1-2-14(8-7-13)11(15)9-5-3-4-6-10(9)12/h3-6H,2,7-8,13H2,1H3. The first-order chi connectivity index (χ1) is 7.20. The Morgan fingerprint density at radius 2 is 2.13 bits per heavy atom. The number of amides is 1. The van der Waals surface area contributed by atoms with Crippen molar-refractivity contribution in [1.82, 2.24) is 4.90 Å². The molecule has 0 aliphatic rings. The molecule has 0 aliphatic carbocycles. The summed E-state index contributed by atoms with van der Waals surface area (Å²) < 4.78 is 13.3. The highest BCUT2D eigenvalue weighted by molar-refractivity contribution is 5.94. The van der Waals surface area contributed by atoms with E-state index in [1.165, 1.54) is 17.0 Å². The maximum atomic E-state index is 13.3. The number of likely N-dealkylation sites (N-methyl/N-ethyl adjacent to an activating group) is 1. The zero-order chi connectivity index (χ0) is 11.3. The van der Waals surface area contributed by atoms with Crippen LogP contribution in [0.1, 0.15) is 17.3 Å². The molecule has 0 spiro atoms. The summed E-state index contributed by atoms with van der Waals surface area (Å²) in [5.41, 5.74) is 5.48. The number of hydrogen-bond donors (Lipinski definition) is 1. The minimum absolute atomic E-state index is 0.104. The molecule has 0 fully saturated rings. The van der Waals surface area contributed by atoms with Crippen LogP contribution in [0.2, 0.25) is 0 Å². The molecule has 0 saturated heterocycles. The van der Waals surface area contributed by atoms with Crippen molar-refractivity contribution in [1.29, 1.82) is 0 Å². The monoisotopic (exact) mass is 210 g/mol. The molecule has 3 nitrogen and oxygen atoms in total. The molecule has 0 unspecified atom stereocenters. The van der Waals surface area contributed by atoms with Crippen LogP contribution in [0.4, 0.5) is 4.39 Å². The second-order valence-corrected chi connectivity index (χ2v) is 3.15. The first kappa shape index (κ1) is 11.7. The lowest BCUT2D eigenvalue weighted by Gasteiger charge is -2.20. The van der Waals surface area contributed by atoms with Crippen LogP contribution in [0.15, 0.2) is 24.3 Å². The number of carbonyl (C=O) groups excluding carboxylic acids is 1. The van der Waals surface area contributed by atoms with Crippen LogP contribution in [-0.4, -0.2) is 30.4 Å². The molecule has 0 aromatic heterocycles. The Kier molecular flexibility index (Phi) is 4.24. The lowest BCUT2D eigenvalue weighted by atomic mass is 10.2. The zero-order valence-electron chi connectivity index (χ0n) is 8.74. The third kappa shape index (κ3) is 2.76. The summed E-state index contributed by atoms with van der Waals surface area (Å²) in [6.45, 7) is 3.20. The summed E-state index contributed by atoms with van der Waals surface area (Å²) >= 11 is 0. The van der Waals surface area contributed by atoms with E-state index in [1.54, 1.807) is 12.1 Å². The van der Waals surface area contributed by atoms with E-state index >= 15 is 0 Å². The molecule has 15 heavy (non-hydrogen) atoms. The third-order valence-electron chi connectivity index (χ3n) is 2.17. The van der Waals surface area contributed by atoms with E-state index in [-0.39, 0.29) is 11.5 Å². The predicted molar refractivity (Wildman–Crippen MR) is 57.0 cm³/mol. The zero-order valence-corrected chi connectivity index (χ0v) is 8.74. The van der Waals surface area contributed by atoms with Crippen molar-refractivity contribution < 1.29 is 9.18 Å². The minimum atomic E-state index is -0.488. The molecule has 82 valence electrons. The summed E-state index contributed by atoms with van der Waals surface area (Å²) in [5, 5.41) is 0. The maximum Gasteiger partial charge on any atom is 0.256 e. The van der Waals surface area contributed by atoms with Crippen molar-refractivity contribution in [3.63, 3.8) is 0 Å². The molecular weight excluding hydrogens is 195 g/mol. The molecule has 1 aromatic carbocycles. The van der Waals surface area contributed by atoms with Crippen LogP contribution in [0, 0.1) is 5.82 Å². The molecule has 4 heteroatoms. The highest BCUT2D eigenvalue weighted by Crippen LogP contribution is 2.09. The average Bonchev–Trinajstić information content (AvgIpc) is 2.25. The summed E-state index contributed by atoms with van der Waals surface area (Å²) in [5.74, 6) is -0.793. The van der Waals surface area contributed by atoms with E-state index in [0.717, 1.165) is 0 Å². The third-order valence-corrected chi connectivity index (χ3v) is 2.17. The van der Waals surface area contributed by atoms with Gasteiger partial charge in [-0.25, -0.2) is 4.39 Å².